The second kappa shape index (κ2) is 7.59. The lowest BCUT2D eigenvalue weighted by molar-refractivity contribution is 0.0949. The fourth-order valence-corrected chi connectivity index (χ4v) is 2.56. The molecule has 1 heterocycles. The number of carbonyl (C=O) groups excluding carboxylic acids is 1. The van der Waals surface area contributed by atoms with Gasteiger partial charge in [0.1, 0.15) is 5.69 Å². The number of nitrogens with one attached hydrogen (secondary N) is 2. The molecule has 4 nitrogen and oxygen atoms in total. The molecular weight excluding hydrogens is 298 g/mol. The molecule has 0 bridgehead atoms. The van der Waals surface area contributed by atoms with E-state index in [9.17, 15) is 4.79 Å². The van der Waals surface area contributed by atoms with E-state index in [0.29, 0.717) is 12.2 Å². The van der Waals surface area contributed by atoms with Crippen LogP contribution in [0.15, 0.2) is 60.7 Å². The van der Waals surface area contributed by atoms with Gasteiger partial charge in [0.15, 0.2) is 0 Å². The largest absolute Gasteiger partial charge is 0.350 e. The van der Waals surface area contributed by atoms with E-state index in [-0.39, 0.29) is 5.91 Å². The zero-order valence-corrected chi connectivity index (χ0v) is 13.8. The lowest BCUT2D eigenvalue weighted by Crippen LogP contribution is -2.25. The zero-order valence-electron chi connectivity index (χ0n) is 13.8. The Morgan fingerprint density at radius 3 is 2.50 bits per heavy atom. The predicted octanol–water partition coefficient (Wildman–Crippen LogP) is 3.61. The highest BCUT2D eigenvalue weighted by Crippen LogP contribution is 2.18. The van der Waals surface area contributed by atoms with Crippen LogP contribution in [0.3, 0.4) is 0 Å². The quantitative estimate of drug-likeness (QED) is 0.729. The fourth-order valence-electron chi connectivity index (χ4n) is 2.56. The summed E-state index contributed by atoms with van der Waals surface area (Å²) in [7, 11) is 0. The predicted molar refractivity (Wildman–Crippen MR) is 95.9 cm³/mol. The van der Waals surface area contributed by atoms with Gasteiger partial charge in [-0.1, -0.05) is 61.5 Å². The van der Waals surface area contributed by atoms with Crippen LogP contribution in [-0.4, -0.2) is 22.6 Å². The molecule has 0 aliphatic carbocycles. The first-order valence-corrected chi connectivity index (χ1v) is 8.23. The minimum absolute atomic E-state index is 0.130. The Morgan fingerprint density at radius 2 is 1.79 bits per heavy atom. The number of carbonyl (C=O) groups is 1. The summed E-state index contributed by atoms with van der Waals surface area (Å²) in [6.07, 6.45) is 1.82. The lowest BCUT2D eigenvalue weighted by Gasteiger charge is -2.03. The zero-order chi connectivity index (χ0) is 16.8. The average molecular weight is 319 g/mol. The summed E-state index contributed by atoms with van der Waals surface area (Å²) in [6.45, 7) is 2.73. The number of hydrogen-bond acceptors (Lipinski definition) is 2. The van der Waals surface area contributed by atoms with Crippen molar-refractivity contribution < 1.29 is 4.79 Å². The number of amides is 1. The molecule has 2 N–H and O–H groups in total. The summed E-state index contributed by atoms with van der Waals surface area (Å²) in [6, 6.07) is 20.1. The number of rotatable bonds is 6. The Balaban J connectivity index is 1.59. The van der Waals surface area contributed by atoms with Gasteiger partial charge in [0.25, 0.3) is 5.91 Å². The molecule has 0 aliphatic heterocycles. The third-order valence-electron chi connectivity index (χ3n) is 4.02. The summed E-state index contributed by atoms with van der Waals surface area (Å²) in [5.74, 6) is -0.130. The van der Waals surface area contributed by atoms with Gasteiger partial charge in [-0.3, -0.25) is 9.89 Å². The molecule has 0 fully saturated rings. The smallest absolute Gasteiger partial charge is 0.269 e. The van der Waals surface area contributed by atoms with Crippen molar-refractivity contribution in [3.05, 3.63) is 77.5 Å². The molecule has 0 saturated heterocycles. The summed E-state index contributed by atoms with van der Waals surface area (Å²) in [4.78, 5) is 12.2. The van der Waals surface area contributed by atoms with Gasteiger partial charge in [0, 0.05) is 12.1 Å². The number of benzene rings is 2. The lowest BCUT2D eigenvalue weighted by atomic mass is 10.1. The van der Waals surface area contributed by atoms with Crippen molar-refractivity contribution in [3.8, 4) is 11.3 Å². The van der Waals surface area contributed by atoms with Crippen LogP contribution < -0.4 is 5.32 Å². The molecule has 3 aromatic rings. The van der Waals surface area contributed by atoms with Gasteiger partial charge in [0.2, 0.25) is 0 Å². The van der Waals surface area contributed by atoms with E-state index in [4.69, 9.17) is 0 Å². The van der Waals surface area contributed by atoms with E-state index < -0.39 is 0 Å². The van der Waals surface area contributed by atoms with Crippen molar-refractivity contribution in [2.45, 2.75) is 19.8 Å². The molecule has 24 heavy (non-hydrogen) atoms. The van der Waals surface area contributed by atoms with Crippen LogP contribution in [0.5, 0.6) is 0 Å². The molecule has 0 saturated carbocycles. The van der Waals surface area contributed by atoms with Crippen LogP contribution >= 0.6 is 0 Å². The van der Waals surface area contributed by atoms with Crippen molar-refractivity contribution in [1.82, 2.24) is 15.5 Å². The highest BCUT2D eigenvalue weighted by Gasteiger charge is 2.10. The van der Waals surface area contributed by atoms with Crippen molar-refractivity contribution in [1.29, 1.82) is 0 Å². The fraction of sp³-hybridized carbons (Fsp3) is 0.200. The maximum atomic E-state index is 12.2. The molecule has 2 aromatic carbocycles. The third kappa shape index (κ3) is 3.90. The molecule has 0 radical (unpaired) electrons. The number of aryl methyl sites for hydroxylation is 1. The molecule has 3 rings (SSSR count). The third-order valence-corrected chi connectivity index (χ3v) is 4.02. The molecule has 122 valence electrons. The van der Waals surface area contributed by atoms with E-state index in [1.165, 1.54) is 11.1 Å². The van der Waals surface area contributed by atoms with Crippen molar-refractivity contribution in [2.75, 3.05) is 6.54 Å². The molecule has 1 amide bonds. The topological polar surface area (TPSA) is 57.8 Å². The molecular formula is C20H21N3O. The van der Waals surface area contributed by atoms with E-state index in [0.717, 1.165) is 24.1 Å². The molecule has 0 atom stereocenters. The summed E-state index contributed by atoms with van der Waals surface area (Å²) in [5, 5.41) is 9.98. The van der Waals surface area contributed by atoms with Crippen LogP contribution in [0.4, 0.5) is 0 Å². The Hall–Kier alpha value is -2.88. The molecule has 1 aromatic heterocycles. The average Bonchev–Trinajstić information content (AvgIpc) is 3.13. The highest BCUT2D eigenvalue weighted by molar-refractivity contribution is 5.93. The number of aromatic nitrogens is 2. The standard InChI is InChI=1S/C20H21N3O/c1-2-15-8-10-17(11-9-15)18-14-19(23-22-18)20(24)21-13-12-16-6-4-3-5-7-16/h3-11,14H,2,12-13H2,1H3,(H,21,24)(H,22,23). The maximum Gasteiger partial charge on any atom is 0.269 e. The minimum atomic E-state index is -0.130. The van der Waals surface area contributed by atoms with Gasteiger partial charge in [-0.25, -0.2) is 0 Å². The number of H-pyrrole nitrogens is 1. The van der Waals surface area contributed by atoms with Crippen LogP contribution in [-0.2, 0) is 12.8 Å². The maximum absolute atomic E-state index is 12.2. The van der Waals surface area contributed by atoms with Crippen LogP contribution in [0, 0.1) is 0 Å². The van der Waals surface area contributed by atoms with Gasteiger partial charge in [-0.2, -0.15) is 5.10 Å². The van der Waals surface area contributed by atoms with E-state index in [1.54, 1.807) is 6.07 Å². The van der Waals surface area contributed by atoms with Gasteiger partial charge in [-0.05, 0) is 30.0 Å². The van der Waals surface area contributed by atoms with Gasteiger partial charge < -0.3 is 5.32 Å². The molecule has 0 aliphatic rings. The van der Waals surface area contributed by atoms with Crippen LogP contribution in [0.1, 0.15) is 28.5 Å². The SMILES string of the molecule is CCc1ccc(-c2cc(C(=O)NCCc3ccccc3)[nH]n2)cc1. The van der Waals surface area contributed by atoms with Gasteiger partial charge in [-0.15, -0.1) is 0 Å². The van der Waals surface area contributed by atoms with E-state index >= 15 is 0 Å². The van der Waals surface area contributed by atoms with Crippen molar-refractivity contribution in [2.24, 2.45) is 0 Å². The molecule has 4 heteroatoms. The Bertz CT molecular complexity index is 791. The van der Waals surface area contributed by atoms with Crippen LogP contribution in [0.25, 0.3) is 11.3 Å². The normalized spacial score (nSPS) is 10.5. The number of nitrogens with zero attached hydrogens (tertiary/aromatic N) is 1. The monoisotopic (exact) mass is 319 g/mol. The second-order valence-electron chi connectivity index (χ2n) is 5.71. The Morgan fingerprint density at radius 1 is 1.04 bits per heavy atom. The van der Waals surface area contributed by atoms with Crippen LogP contribution in [0.2, 0.25) is 0 Å². The molecule has 0 spiro atoms. The van der Waals surface area contributed by atoms with E-state index in [1.807, 2.05) is 30.3 Å². The minimum Gasteiger partial charge on any atom is -0.350 e. The summed E-state index contributed by atoms with van der Waals surface area (Å²) in [5.41, 5.74) is 4.77. The summed E-state index contributed by atoms with van der Waals surface area (Å²) < 4.78 is 0. The van der Waals surface area contributed by atoms with Crippen molar-refractivity contribution in [3.63, 3.8) is 0 Å². The Labute approximate surface area is 141 Å². The van der Waals surface area contributed by atoms with Gasteiger partial charge in [0.05, 0.1) is 5.69 Å². The molecule has 0 unspecified atom stereocenters. The highest BCUT2D eigenvalue weighted by atomic mass is 16.1. The van der Waals surface area contributed by atoms with Crippen molar-refractivity contribution >= 4 is 5.91 Å². The second-order valence-corrected chi connectivity index (χ2v) is 5.71. The first kappa shape index (κ1) is 16.0. The first-order valence-electron chi connectivity index (χ1n) is 8.23. The summed E-state index contributed by atoms with van der Waals surface area (Å²) >= 11 is 0. The van der Waals surface area contributed by atoms with E-state index in [2.05, 4.69) is 46.7 Å². The van der Waals surface area contributed by atoms with Gasteiger partial charge >= 0.3 is 0 Å². The first-order chi connectivity index (χ1) is 11.8. The number of hydrogen-bond donors (Lipinski definition) is 2. The number of aromatic amines is 1. The Kier molecular flexibility index (Phi) is 5.06.